The van der Waals surface area contributed by atoms with Gasteiger partial charge in [0.05, 0.1) is 18.3 Å². The highest BCUT2D eigenvalue weighted by atomic mass is 16.4. The highest BCUT2D eigenvalue weighted by molar-refractivity contribution is 5.82. The third kappa shape index (κ3) is 6.02. The Bertz CT molecular complexity index is 846. The fraction of sp³-hybridized carbons (Fsp3) is 0.409. The number of aliphatic hydroxyl groups is 1. The Balaban J connectivity index is 1.53. The monoisotopic (exact) mass is 398 g/mol. The Morgan fingerprint density at radius 3 is 2.86 bits per heavy atom. The molecular formula is C22H26N2O5. The Kier molecular flexibility index (Phi) is 7.19. The number of aliphatic hydroxyl groups excluding tert-OH is 1. The molecule has 2 atom stereocenters. The molecule has 1 aliphatic rings. The number of hydrogen-bond donors (Lipinski definition) is 2. The fourth-order valence-corrected chi connectivity index (χ4v) is 3.56. The van der Waals surface area contributed by atoms with Crippen LogP contribution in [-0.4, -0.2) is 50.7 Å². The summed E-state index contributed by atoms with van der Waals surface area (Å²) >= 11 is 0. The number of carbonyl (C=O) groups is 2. The molecule has 1 saturated heterocycles. The van der Waals surface area contributed by atoms with Crippen molar-refractivity contribution >= 4 is 11.9 Å². The molecule has 0 bridgehead atoms. The van der Waals surface area contributed by atoms with Crippen LogP contribution in [0.4, 0.5) is 0 Å². The Morgan fingerprint density at radius 2 is 2.14 bits per heavy atom. The third-order valence-electron chi connectivity index (χ3n) is 5.01. The summed E-state index contributed by atoms with van der Waals surface area (Å²) in [7, 11) is 0. The van der Waals surface area contributed by atoms with Crippen LogP contribution in [0, 0.1) is 0 Å². The number of aryl methyl sites for hydroxylation is 1. The van der Waals surface area contributed by atoms with Gasteiger partial charge in [-0.25, -0.2) is 9.78 Å². The molecule has 2 heterocycles. The number of aromatic carboxylic acids is 1. The number of amides is 1. The zero-order valence-electron chi connectivity index (χ0n) is 16.2. The summed E-state index contributed by atoms with van der Waals surface area (Å²) in [5.41, 5.74) is 1.06. The highest BCUT2D eigenvalue weighted by Gasteiger charge is 2.26. The largest absolute Gasteiger partial charge is 0.474 e. The maximum atomic E-state index is 12.4. The van der Waals surface area contributed by atoms with E-state index < -0.39 is 12.1 Å². The van der Waals surface area contributed by atoms with Crippen LogP contribution in [0.15, 0.2) is 53.1 Å². The molecule has 1 aliphatic heterocycles. The van der Waals surface area contributed by atoms with Crippen LogP contribution in [0.2, 0.25) is 0 Å². The van der Waals surface area contributed by atoms with Crippen molar-refractivity contribution in [3.05, 3.63) is 65.9 Å². The van der Waals surface area contributed by atoms with Crippen molar-refractivity contribution in [3.63, 3.8) is 0 Å². The minimum absolute atomic E-state index is 0.0361. The van der Waals surface area contributed by atoms with Gasteiger partial charge in [-0.1, -0.05) is 42.5 Å². The van der Waals surface area contributed by atoms with Gasteiger partial charge < -0.3 is 19.5 Å². The lowest BCUT2D eigenvalue weighted by Gasteiger charge is -2.34. The first kappa shape index (κ1) is 20.8. The summed E-state index contributed by atoms with van der Waals surface area (Å²) < 4.78 is 5.16. The minimum Gasteiger partial charge on any atom is -0.474 e. The highest BCUT2D eigenvalue weighted by Crippen LogP contribution is 2.21. The predicted molar refractivity (Wildman–Crippen MR) is 106 cm³/mol. The second-order valence-corrected chi connectivity index (χ2v) is 7.23. The van der Waals surface area contributed by atoms with Crippen LogP contribution < -0.4 is 0 Å². The smallest absolute Gasteiger partial charge is 0.392 e. The van der Waals surface area contributed by atoms with Gasteiger partial charge in [0.2, 0.25) is 5.91 Å². The van der Waals surface area contributed by atoms with Crippen molar-refractivity contribution in [3.8, 4) is 0 Å². The molecule has 3 rings (SSSR count). The molecule has 2 N–H and O–H groups in total. The molecule has 0 aliphatic carbocycles. The van der Waals surface area contributed by atoms with Crippen LogP contribution in [0.3, 0.4) is 0 Å². The van der Waals surface area contributed by atoms with E-state index in [4.69, 9.17) is 9.52 Å². The summed E-state index contributed by atoms with van der Waals surface area (Å²) in [6.07, 6.45) is 8.46. The van der Waals surface area contributed by atoms with Gasteiger partial charge in [0.15, 0.2) is 0 Å². The van der Waals surface area contributed by atoms with Gasteiger partial charge in [0, 0.05) is 25.8 Å². The number of piperidine rings is 1. The maximum Gasteiger partial charge on any atom is 0.392 e. The normalized spacial score (nSPS) is 18.3. The maximum absolute atomic E-state index is 12.4. The molecule has 7 nitrogen and oxygen atoms in total. The standard InChI is InChI=1S/C22H26N2O5/c25-18(14-16-6-2-1-3-7-16)12-11-17-8-4-10-20(26)24(17)13-5-9-19-15-23-21(29-19)22(27)28/h1-3,6-7,11-12,15,17-18,25H,4-5,8-10,13-14H2,(H,27,28)/t17-,18-/m1/s1. The molecule has 29 heavy (non-hydrogen) atoms. The van der Waals surface area contributed by atoms with Crippen LogP contribution in [0.1, 0.15) is 47.7 Å². The van der Waals surface area contributed by atoms with Crippen LogP contribution >= 0.6 is 0 Å². The van der Waals surface area contributed by atoms with Crippen LogP contribution in [-0.2, 0) is 17.6 Å². The van der Waals surface area contributed by atoms with Gasteiger partial charge in [-0.05, 0) is 24.8 Å². The topological polar surface area (TPSA) is 104 Å². The van der Waals surface area contributed by atoms with Gasteiger partial charge in [-0.2, -0.15) is 0 Å². The number of benzene rings is 1. The van der Waals surface area contributed by atoms with Gasteiger partial charge in [0.25, 0.3) is 0 Å². The molecule has 7 heteroatoms. The molecular weight excluding hydrogens is 372 g/mol. The number of rotatable bonds is 9. The lowest BCUT2D eigenvalue weighted by atomic mass is 9.99. The van der Waals surface area contributed by atoms with Crippen molar-refractivity contribution in [1.82, 2.24) is 9.88 Å². The second kappa shape index (κ2) is 10.0. The Labute approximate surface area is 169 Å². The SMILES string of the molecule is O=C(O)c1ncc(CCCN2C(=O)CCC[C@@H]2C=C[C@@H](O)Cc2ccccc2)o1. The zero-order chi connectivity index (χ0) is 20.6. The van der Waals surface area contributed by atoms with E-state index in [1.54, 1.807) is 6.08 Å². The molecule has 0 radical (unpaired) electrons. The van der Waals surface area contributed by atoms with E-state index in [1.165, 1.54) is 6.20 Å². The number of carboxylic acids is 1. The number of oxazole rings is 1. The summed E-state index contributed by atoms with van der Waals surface area (Å²) in [6.45, 7) is 0.547. The first-order valence-electron chi connectivity index (χ1n) is 9.90. The van der Waals surface area contributed by atoms with E-state index in [9.17, 15) is 14.7 Å². The minimum atomic E-state index is -1.19. The number of aromatic nitrogens is 1. The van der Waals surface area contributed by atoms with E-state index in [1.807, 2.05) is 41.3 Å². The molecule has 0 saturated carbocycles. The van der Waals surface area contributed by atoms with E-state index in [-0.39, 0.29) is 17.8 Å². The third-order valence-corrected chi connectivity index (χ3v) is 5.01. The molecule has 0 spiro atoms. The molecule has 1 amide bonds. The van der Waals surface area contributed by atoms with Gasteiger partial charge in [-0.15, -0.1) is 0 Å². The van der Waals surface area contributed by atoms with E-state index in [2.05, 4.69) is 4.98 Å². The van der Waals surface area contributed by atoms with Gasteiger partial charge in [0.1, 0.15) is 5.76 Å². The molecule has 1 aromatic carbocycles. The predicted octanol–water partition coefficient (Wildman–Crippen LogP) is 2.85. The first-order valence-corrected chi connectivity index (χ1v) is 9.90. The van der Waals surface area contributed by atoms with Crippen molar-refractivity contribution in [2.24, 2.45) is 0 Å². The number of hydrogen-bond acceptors (Lipinski definition) is 5. The van der Waals surface area contributed by atoms with Crippen molar-refractivity contribution < 1.29 is 24.2 Å². The second-order valence-electron chi connectivity index (χ2n) is 7.23. The number of carboxylic acid groups (broad SMARTS) is 1. The Morgan fingerprint density at radius 1 is 1.34 bits per heavy atom. The van der Waals surface area contributed by atoms with E-state index in [0.29, 0.717) is 38.0 Å². The fourth-order valence-electron chi connectivity index (χ4n) is 3.56. The van der Waals surface area contributed by atoms with Gasteiger partial charge >= 0.3 is 11.9 Å². The lowest BCUT2D eigenvalue weighted by Crippen LogP contribution is -2.43. The summed E-state index contributed by atoms with van der Waals surface area (Å²) in [5.74, 6) is -0.909. The van der Waals surface area contributed by atoms with Gasteiger partial charge in [-0.3, -0.25) is 4.79 Å². The van der Waals surface area contributed by atoms with Crippen molar-refractivity contribution in [2.45, 2.75) is 50.7 Å². The van der Waals surface area contributed by atoms with Crippen LogP contribution in [0.25, 0.3) is 0 Å². The average molecular weight is 398 g/mol. The lowest BCUT2D eigenvalue weighted by molar-refractivity contribution is -0.135. The molecule has 2 aromatic rings. The summed E-state index contributed by atoms with van der Waals surface area (Å²) in [5, 5.41) is 19.2. The number of likely N-dealkylation sites (tertiary alicyclic amines) is 1. The Hall–Kier alpha value is -2.93. The molecule has 1 fully saturated rings. The first-order chi connectivity index (χ1) is 14.0. The zero-order valence-corrected chi connectivity index (χ0v) is 16.2. The summed E-state index contributed by atoms with van der Waals surface area (Å²) in [4.78, 5) is 28.8. The average Bonchev–Trinajstić information content (AvgIpc) is 3.18. The quantitative estimate of drug-likeness (QED) is 0.630. The van der Waals surface area contributed by atoms with E-state index >= 15 is 0 Å². The van der Waals surface area contributed by atoms with Crippen molar-refractivity contribution in [1.29, 1.82) is 0 Å². The van der Waals surface area contributed by atoms with E-state index in [0.717, 1.165) is 18.4 Å². The number of carbonyl (C=O) groups excluding carboxylic acids is 1. The molecule has 154 valence electrons. The number of nitrogens with zero attached hydrogens (tertiary/aromatic N) is 2. The van der Waals surface area contributed by atoms with Crippen molar-refractivity contribution in [2.75, 3.05) is 6.54 Å². The molecule has 1 aromatic heterocycles. The van der Waals surface area contributed by atoms with Crippen LogP contribution in [0.5, 0.6) is 0 Å². The summed E-state index contributed by atoms with van der Waals surface area (Å²) in [6, 6.07) is 9.76. The molecule has 0 unspecified atom stereocenters.